The van der Waals surface area contributed by atoms with Crippen molar-refractivity contribution in [2.24, 2.45) is 0 Å². The van der Waals surface area contributed by atoms with E-state index in [-0.39, 0.29) is 17.1 Å². The number of unbranched alkanes of at least 4 members (excludes halogenated alkanes) is 5. The zero-order chi connectivity index (χ0) is 14.9. The largest absolute Gasteiger partial charge is 0.481 e. The molecule has 0 rings (SSSR count). The molecule has 0 aromatic heterocycles. The van der Waals surface area contributed by atoms with Gasteiger partial charge in [0, 0.05) is 23.5 Å². The molecule has 0 radical (unpaired) electrons. The summed E-state index contributed by atoms with van der Waals surface area (Å²) in [6, 6.07) is 0. The zero-order valence-corrected chi connectivity index (χ0v) is 14.3. The molecule has 0 saturated carbocycles. The minimum Gasteiger partial charge on any atom is -0.481 e. The molecule has 1 N–H and O–H groups in total. The van der Waals surface area contributed by atoms with E-state index in [1.54, 1.807) is 0 Å². The summed E-state index contributed by atoms with van der Waals surface area (Å²) in [6.07, 6.45) is 23.4. The Morgan fingerprint density at radius 2 is 1.33 bits per heavy atom. The maximum Gasteiger partial charge on any atom is 0.303 e. The number of carbonyl (C=O) groups is 1. The number of rotatable bonds is 13. The molecule has 0 aliphatic rings. The van der Waals surface area contributed by atoms with Gasteiger partial charge in [0.05, 0.1) is 0 Å². The molecule has 0 aromatic rings. The standard InChI is InChI=1S/C18H30O2.Fe/c1-2-3-4-5-6-7-8-9-10-11-12-13-14-15-16-17-18(19)20;/h3-4,6-7,9-10H,2,5,8,11-17H2,1H3,(H,19,20);/b4-3-,7-6-,10-9-;. The van der Waals surface area contributed by atoms with Gasteiger partial charge in [-0.15, -0.1) is 0 Å². The minimum absolute atomic E-state index is 0. The molecule has 0 atom stereocenters. The van der Waals surface area contributed by atoms with Crippen LogP contribution >= 0.6 is 0 Å². The molecule has 0 unspecified atom stereocenters. The molecule has 0 bridgehead atoms. The van der Waals surface area contributed by atoms with Crippen molar-refractivity contribution in [3.8, 4) is 0 Å². The maximum atomic E-state index is 10.3. The van der Waals surface area contributed by atoms with Gasteiger partial charge in [0.25, 0.3) is 0 Å². The summed E-state index contributed by atoms with van der Waals surface area (Å²) in [4.78, 5) is 10.3. The van der Waals surface area contributed by atoms with E-state index in [9.17, 15) is 4.79 Å². The van der Waals surface area contributed by atoms with E-state index in [4.69, 9.17) is 5.11 Å². The summed E-state index contributed by atoms with van der Waals surface area (Å²) in [5.41, 5.74) is 0. The van der Waals surface area contributed by atoms with Crippen molar-refractivity contribution in [2.45, 2.75) is 71.1 Å². The first kappa shape index (κ1) is 22.5. The number of hydrogen-bond donors (Lipinski definition) is 1. The topological polar surface area (TPSA) is 37.3 Å². The molecule has 0 aliphatic heterocycles. The van der Waals surface area contributed by atoms with Crippen LogP contribution < -0.4 is 0 Å². The van der Waals surface area contributed by atoms with Crippen molar-refractivity contribution in [1.29, 1.82) is 0 Å². The van der Waals surface area contributed by atoms with Crippen LogP contribution in [0, 0.1) is 0 Å². The quantitative estimate of drug-likeness (QED) is 0.268. The Hall–Kier alpha value is -0.791. The third-order valence-electron chi connectivity index (χ3n) is 3.04. The third kappa shape index (κ3) is 21.7. The number of carboxylic acid groups (broad SMARTS) is 1. The van der Waals surface area contributed by atoms with Gasteiger partial charge in [0.15, 0.2) is 0 Å². The SMILES string of the molecule is CC/C=C\C/C=C\C/C=C\CCCCCCCC(=O)O.[Fe]. The Balaban J connectivity index is 0. The molecule has 3 heteroatoms. The molecule has 0 spiro atoms. The Labute approximate surface area is 140 Å². The van der Waals surface area contributed by atoms with Gasteiger partial charge in [-0.1, -0.05) is 62.6 Å². The van der Waals surface area contributed by atoms with Gasteiger partial charge in [-0.05, 0) is 38.5 Å². The van der Waals surface area contributed by atoms with Crippen LogP contribution in [0.4, 0.5) is 0 Å². The van der Waals surface area contributed by atoms with E-state index < -0.39 is 5.97 Å². The molecule has 0 aliphatic carbocycles. The molecule has 0 saturated heterocycles. The van der Waals surface area contributed by atoms with Crippen LogP contribution in [0.2, 0.25) is 0 Å². The first-order valence-electron chi connectivity index (χ1n) is 7.94. The zero-order valence-electron chi connectivity index (χ0n) is 13.2. The summed E-state index contributed by atoms with van der Waals surface area (Å²) in [5, 5.41) is 8.50. The summed E-state index contributed by atoms with van der Waals surface area (Å²) in [7, 11) is 0. The molecule has 122 valence electrons. The molecular formula is C18H30FeO2. The van der Waals surface area contributed by atoms with Crippen LogP contribution in [-0.2, 0) is 21.9 Å². The van der Waals surface area contributed by atoms with Crippen molar-refractivity contribution >= 4 is 5.97 Å². The van der Waals surface area contributed by atoms with E-state index in [0.29, 0.717) is 6.42 Å². The van der Waals surface area contributed by atoms with Gasteiger partial charge >= 0.3 is 5.97 Å². The number of hydrogen-bond acceptors (Lipinski definition) is 1. The summed E-state index contributed by atoms with van der Waals surface area (Å²) < 4.78 is 0. The predicted octanol–water partition coefficient (Wildman–Crippen LogP) is 5.66. The van der Waals surface area contributed by atoms with Crippen LogP contribution in [0.25, 0.3) is 0 Å². The van der Waals surface area contributed by atoms with Crippen LogP contribution in [-0.4, -0.2) is 11.1 Å². The summed E-state index contributed by atoms with van der Waals surface area (Å²) in [6.45, 7) is 2.15. The fourth-order valence-electron chi connectivity index (χ4n) is 1.90. The minimum atomic E-state index is -0.675. The second-order valence-electron chi connectivity index (χ2n) is 4.99. The van der Waals surface area contributed by atoms with Crippen molar-refractivity contribution < 1.29 is 27.0 Å². The fraction of sp³-hybridized carbons (Fsp3) is 0.611. The second kappa shape index (κ2) is 19.2. The van der Waals surface area contributed by atoms with Gasteiger partial charge in [-0.2, -0.15) is 0 Å². The van der Waals surface area contributed by atoms with Gasteiger partial charge in [-0.3, -0.25) is 4.79 Å². The predicted molar refractivity (Wildman–Crippen MR) is 86.9 cm³/mol. The average molecular weight is 334 g/mol. The van der Waals surface area contributed by atoms with Gasteiger partial charge < -0.3 is 5.11 Å². The number of aliphatic carboxylic acids is 1. The van der Waals surface area contributed by atoms with Crippen molar-refractivity contribution in [1.82, 2.24) is 0 Å². The Morgan fingerprint density at radius 1 is 0.810 bits per heavy atom. The number of carboxylic acids is 1. The first-order chi connectivity index (χ1) is 9.77. The first-order valence-corrected chi connectivity index (χ1v) is 7.94. The van der Waals surface area contributed by atoms with Crippen molar-refractivity contribution in [2.75, 3.05) is 0 Å². The maximum absolute atomic E-state index is 10.3. The third-order valence-corrected chi connectivity index (χ3v) is 3.04. The monoisotopic (exact) mass is 334 g/mol. The van der Waals surface area contributed by atoms with E-state index in [1.807, 2.05) is 0 Å². The van der Waals surface area contributed by atoms with Crippen LogP contribution in [0.1, 0.15) is 71.1 Å². The van der Waals surface area contributed by atoms with Crippen LogP contribution in [0.5, 0.6) is 0 Å². The molecular weight excluding hydrogens is 304 g/mol. The van der Waals surface area contributed by atoms with Crippen molar-refractivity contribution in [3.63, 3.8) is 0 Å². The van der Waals surface area contributed by atoms with Crippen LogP contribution in [0.15, 0.2) is 36.5 Å². The fourth-order valence-corrected chi connectivity index (χ4v) is 1.90. The molecule has 0 fully saturated rings. The summed E-state index contributed by atoms with van der Waals surface area (Å²) in [5.74, 6) is -0.675. The summed E-state index contributed by atoms with van der Waals surface area (Å²) >= 11 is 0. The Bertz CT molecular complexity index is 306. The molecule has 0 heterocycles. The van der Waals surface area contributed by atoms with Gasteiger partial charge in [-0.25, -0.2) is 0 Å². The average Bonchev–Trinajstić information content (AvgIpc) is 2.43. The second-order valence-corrected chi connectivity index (χ2v) is 4.99. The number of allylic oxidation sites excluding steroid dienone is 6. The Morgan fingerprint density at radius 3 is 1.95 bits per heavy atom. The van der Waals surface area contributed by atoms with E-state index in [2.05, 4.69) is 43.4 Å². The van der Waals surface area contributed by atoms with E-state index in [0.717, 1.165) is 44.9 Å². The molecule has 0 amide bonds. The Kier molecular flexibility index (Phi) is 20.6. The van der Waals surface area contributed by atoms with E-state index >= 15 is 0 Å². The molecule has 21 heavy (non-hydrogen) atoms. The van der Waals surface area contributed by atoms with Gasteiger partial charge in [0.2, 0.25) is 0 Å². The normalized spacial score (nSPS) is 11.5. The molecule has 0 aromatic carbocycles. The van der Waals surface area contributed by atoms with Crippen LogP contribution in [0.3, 0.4) is 0 Å². The van der Waals surface area contributed by atoms with Gasteiger partial charge in [0.1, 0.15) is 0 Å². The van der Waals surface area contributed by atoms with E-state index in [1.165, 1.54) is 12.8 Å². The smallest absolute Gasteiger partial charge is 0.303 e. The van der Waals surface area contributed by atoms with Crippen molar-refractivity contribution in [3.05, 3.63) is 36.5 Å². The molecule has 2 nitrogen and oxygen atoms in total.